The highest BCUT2D eigenvalue weighted by Crippen LogP contribution is 2.28. The van der Waals surface area contributed by atoms with Crippen LogP contribution in [-0.4, -0.2) is 30.6 Å². The summed E-state index contributed by atoms with van der Waals surface area (Å²) in [5.74, 6) is 0.864. The van der Waals surface area contributed by atoms with Crippen LogP contribution in [-0.2, 0) is 6.54 Å². The van der Waals surface area contributed by atoms with Crippen molar-refractivity contribution >= 4 is 23.2 Å². The smallest absolute Gasteiger partial charge is 0.0452 e. The summed E-state index contributed by atoms with van der Waals surface area (Å²) in [5.41, 5.74) is 1.15. The predicted molar refractivity (Wildman–Crippen MR) is 85.5 cm³/mol. The first-order chi connectivity index (χ1) is 9.72. The Hall–Kier alpha value is -0.280. The lowest BCUT2D eigenvalue weighted by Crippen LogP contribution is -2.40. The Balaban J connectivity index is 1.54. The molecule has 0 spiro atoms. The van der Waals surface area contributed by atoms with Crippen molar-refractivity contribution < 1.29 is 0 Å². The number of benzene rings is 1. The monoisotopic (exact) mass is 312 g/mol. The second-order valence-corrected chi connectivity index (χ2v) is 6.90. The zero-order valence-corrected chi connectivity index (χ0v) is 13.3. The summed E-state index contributed by atoms with van der Waals surface area (Å²) < 4.78 is 0. The Labute approximate surface area is 131 Å². The first-order valence-corrected chi connectivity index (χ1v) is 8.37. The molecule has 2 aliphatic heterocycles. The Morgan fingerprint density at radius 2 is 1.95 bits per heavy atom. The van der Waals surface area contributed by atoms with E-state index in [-0.39, 0.29) is 0 Å². The molecule has 3 rings (SSSR count). The second kappa shape index (κ2) is 6.65. The van der Waals surface area contributed by atoms with Crippen molar-refractivity contribution in [3.8, 4) is 0 Å². The second-order valence-electron chi connectivity index (χ2n) is 6.05. The first kappa shape index (κ1) is 14.6. The van der Waals surface area contributed by atoms with Gasteiger partial charge in [0.1, 0.15) is 0 Å². The standard InChI is InChI=1S/C16H22Cl2N2/c17-14-3-4-15(18)13(10-14)11-20-8-5-12(6-9-20)16-2-1-7-19-16/h3-4,10,12,16,19H,1-2,5-9,11H2. The van der Waals surface area contributed by atoms with Gasteiger partial charge in [0.15, 0.2) is 0 Å². The number of nitrogens with zero attached hydrogens (tertiary/aromatic N) is 1. The van der Waals surface area contributed by atoms with E-state index in [2.05, 4.69) is 10.2 Å². The number of nitrogens with one attached hydrogen (secondary N) is 1. The quantitative estimate of drug-likeness (QED) is 0.909. The summed E-state index contributed by atoms with van der Waals surface area (Å²) in [6.45, 7) is 4.48. The molecule has 2 nitrogen and oxygen atoms in total. The molecule has 20 heavy (non-hydrogen) atoms. The highest BCUT2D eigenvalue weighted by molar-refractivity contribution is 6.33. The fourth-order valence-electron chi connectivity index (χ4n) is 3.53. The molecule has 0 amide bonds. The van der Waals surface area contributed by atoms with Gasteiger partial charge in [-0.2, -0.15) is 0 Å². The topological polar surface area (TPSA) is 15.3 Å². The number of piperidine rings is 1. The van der Waals surface area contributed by atoms with Crippen LogP contribution in [0.1, 0.15) is 31.2 Å². The van der Waals surface area contributed by atoms with E-state index in [9.17, 15) is 0 Å². The Morgan fingerprint density at radius 1 is 1.15 bits per heavy atom. The van der Waals surface area contributed by atoms with Gasteiger partial charge < -0.3 is 5.32 Å². The Kier molecular flexibility index (Phi) is 4.87. The average Bonchev–Trinajstić information content (AvgIpc) is 2.98. The van der Waals surface area contributed by atoms with Gasteiger partial charge in [-0.25, -0.2) is 0 Å². The molecule has 0 saturated carbocycles. The summed E-state index contributed by atoms with van der Waals surface area (Å²) >= 11 is 12.3. The maximum Gasteiger partial charge on any atom is 0.0452 e. The Morgan fingerprint density at radius 3 is 2.65 bits per heavy atom. The largest absolute Gasteiger partial charge is 0.314 e. The van der Waals surface area contributed by atoms with Crippen molar-refractivity contribution in [2.24, 2.45) is 5.92 Å². The van der Waals surface area contributed by atoms with Crippen molar-refractivity contribution in [2.75, 3.05) is 19.6 Å². The number of rotatable bonds is 3. The van der Waals surface area contributed by atoms with Gasteiger partial charge in [0.2, 0.25) is 0 Å². The van der Waals surface area contributed by atoms with E-state index >= 15 is 0 Å². The maximum atomic E-state index is 6.25. The van der Waals surface area contributed by atoms with Crippen molar-refractivity contribution in [1.29, 1.82) is 0 Å². The molecule has 1 atom stereocenters. The van der Waals surface area contributed by atoms with Gasteiger partial charge in [0.05, 0.1) is 0 Å². The normalized spacial score (nSPS) is 25.2. The molecule has 0 radical (unpaired) electrons. The van der Waals surface area contributed by atoms with E-state index in [4.69, 9.17) is 23.2 Å². The van der Waals surface area contributed by atoms with Crippen molar-refractivity contribution in [1.82, 2.24) is 10.2 Å². The summed E-state index contributed by atoms with van der Waals surface area (Å²) in [7, 11) is 0. The summed E-state index contributed by atoms with van der Waals surface area (Å²) in [6.07, 6.45) is 5.32. The van der Waals surface area contributed by atoms with E-state index in [1.165, 1.54) is 45.3 Å². The highest BCUT2D eigenvalue weighted by Gasteiger charge is 2.28. The van der Waals surface area contributed by atoms with E-state index in [0.717, 1.165) is 34.1 Å². The molecular formula is C16H22Cl2N2. The van der Waals surface area contributed by atoms with E-state index < -0.39 is 0 Å². The van der Waals surface area contributed by atoms with Crippen molar-refractivity contribution in [3.05, 3.63) is 33.8 Å². The first-order valence-electron chi connectivity index (χ1n) is 7.62. The molecule has 110 valence electrons. The highest BCUT2D eigenvalue weighted by atomic mass is 35.5. The van der Waals surface area contributed by atoms with Gasteiger partial charge in [-0.15, -0.1) is 0 Å². The molecule has 2 heterocycles. The summed E-state index contributed by atoms with van der Waals surface area (Å²) in [4.78, 5) is 2.50. The van der Waals surface area contributed by atoms with Crippen LogP contribution in [0.25, 0.3) is 0 Å². The molecule has 0 aromatic heterocycles. The lowest BCUT2D eigenvalue weighted by Gasteiger charge is -2.35. The van der Waals surface area contributed by atoms with Gasteiger partial charge in [-0.3, -0.25) is 4.90 Å². The number of likely N-dealkylation sites (tertiary alicyclic amines) is 1. The molecule has 1 N–H and O–H groups in total. The number of hydrogen-bond donors (Lipinski definition) is 1. The van der Waals surface area contributed by atoms with Crippen molar-refractivity contribution in [3.63, 3.8) is 0 Å². The van der Waals surface area contributed by atoms with Crippen LogP contribution in [0, 0.1) is 5.92 Å². The molecule has 1 unspecified atom stereocenters. The van der Waals surface area contributed by atoms with Crippen LogP contribution in [0.3, 0.4) is 0 Å². The van der Waals surface area contributed by atoms with Crippen LogP contribution < -0.4 is 5.32 Å². The zero-order chi connectivity index (χ0) is 13.9. The molecule has 4 heteroatoms. The van der Waals surface area contributed by atoms with E-state index in [0.29, 0.717) is 0 Å². The molecule has 1 aromatic carbocycles. The van der Waals surface area contributed by atoms with E-state index in [1.807, 2.05) is 18.2 Å². The van der Waals surface area contributed by atoms with Gasteiger partial charge in [0.25, 0.3) is 0 Å². The van der Waals surface area contributed by atoms with Crippen LogP contribution in [0.15, 0.2) is 18.2 Å². The van der Waals surface area contributed by atoms with Crippen LogP contribution >= 0.6 is 23.2 Å². The lowest BCUT2D eigenvalue weighted by molar-refractivity contribution is 0.157. The van der Waals surface area contributed by atoms with Gasteiger partial charge in [-0.1, -0.05) is 23.2 Å². The maximum absolute atomic E-state index is 6.25. The van der Waals surface area contributed by atoms with Crippen LogP contribution in [0.2, 0.25) is 10.0 Å². The molecule has 0 aliphatic carbocycles. The minimum absolute atomic E-state index is 0.770. The Bertz CT molecular complexity index is 450. The molecule has 2 fully saturated rings. The summed E-state index contributed by atoms with van der Waals surface area (Å²) in [6, 6.07) is 6.51. The third-order valence-electron chi connectivity index (χ3n) is 4.70. The van der Waals surface area contributed by atoms with Gasteiger partial charge in [0, 0.05) is 22.6 Å². The van der Waals surface area contributed by atoms with Crippen LogP contribution in [0.5, 0.6) is 0 Å². The zero-order valence-electron chi connectivity index (χ0n) is 11.7. The minimum atomic E-state index is 0.770. The van der Waals surface area contributed by atoms with Gasteiger partial charge in [-0.05, 0) is 75.0 Å². The molecule has 2 aliphatic rings. The molecule has 1 aromatic rings. The van der Waals surface area contributed by atoms with Crippen LogP contribution in [0.4, 0.5) is 0 Å². The minimum Gasteiger partial charge on any atom is -0.314 e. The molecular weight excluding hydrogens is 291 g/mol. The summed E-state index contributed by atoms with van der Waals surface area (Å²) in [5, 5.41) is 5.25. The molecule has 0 bridgehead atoms. The van der Waals surface area contributed by atoms with Gasteiger partial charge >= 0.3 is 0 Å². The molecule has 2 saturated heterocycles. The fraction of sp³-hybridized carbons (Fsp3) is 0.625. The SMILES string of the molecule is Clc1ccc(Cl)c(CN2CCC(C3CCCN3)CC2)c1. The fourth-order valence-corrected chi connectivity index (χ4v) is 3.90. The predicted octanol–water partition coefficient (Wildman–Crippen LogP) is 3.96. The number of hydrogen-bond acceptors (Lipinski definition) is 2. The van der Waals surface area contributed by atoms with Crippen molar-refractivity contribution in [2.45, 2.75) is 38.3 Å². The third kappa shape index (κ3) is 3.48. The average molecular weight is 313 g/mol. The number of halogens is 2. The third-order valence-corrected chi connectivity index (χ3v) is 5.31. The lowest BCUT2D eigenvalue weighted by atomic mass is 9.88. The van der Waals surface area contributed by atoms with E-state index in [1.54, 1.807) is 0 Å².